The molecule has 0 radical (unpaired) electrons. The Bertz CT molecular complexity index is 850. The van der Waals surface area contributed by atoms with Crippen LogP contribution in [0.2, 0.25) is 0 Å². The van der Waals surface area contributed by atoms with E-state index in [1.54, 1.807) is 6.26 Å². The summed E-state index contributed by atoms with van der Waals surface area (Å²) >= 11 is 0. The van der Waals surface area contributed by atoms with Crippen LogP contribution in [0.15, 0.2) is 52.1 Å². The number of carbonyl (C=O) groups is 1. The number of amides is 1. The summed E-state index contributed by atoms with van der Waals surface area (Å²) in [5.41, 5.74) is 1.89. The number of ether oxygens (including phenoxy) is 1. The number of rotatable bonds is 10. The van der Waals surface area contributed by atoms with Crippen molar-refractivity contribution in [3.8, 4) is 0 Å². The number of furan rings is 1. The highest BCUT2D eigenvalue weighted by atomic mass is 127. The molecule has 0 aliphatic rings. The molecule has 9 heteroatoms. The zero-order valence-corrected chi connectivity index (χ0v) is 22.6. The molecule has 1 aromatic heterocycles. The van der Waals surface area contributed by atoms with Crippen LogP contribution in [-0.2, 0) is 24.4 Å². The van der Waals surface area contributed by atoms with E-state index in [4.69, 9.17) is 14.1 Å². The number of carbonyl (C=O) groups excluding carboxylic acids is 1. The van der Waals surface area contributed by atoms with Crippen molar-refractivity contribution in [3.05, 3.63) is 59.5 Å². The molecule has 0 atom stereocenters. The first kappa shape index (κ1) is 28.8. The third kappa shape index (κ3) is 12.0. The molecule has 1 heterocycles. The van der Waals surface area contributed by atoms with Gasteiger partial charge in [-0.05, 0) is 58.0 Å². The number of hydrogen-bond acceptors (Lipinski definition) is 5. The second-order valence-electron chi connectivity index (χ2n) is 8.57. The van der Waals surface area contributed by atoms with Gasteiger partial charge in [0.15, 0.2) is 5.96 Å². The highest BCUT2D eigenvalue weighted by Crippen LogP contribution is 2.14. The minimum atomic E-state index is -0.507. The van der Waals surface area contributed by atoms with Gasteiger partial charge in [-0.2, -0.15) is 0 Å². The van der Waals surface area contributed by atoms with Crippen molar-refractivity contribution in [2.75, 3.05) is 26.7 Å². The lowest BCUT2D eigenvalue weighted by Gasteiger charge is -2.20. The molecule has 0 unspecified atom stereocenters. The molecule has 0 fully saturated rings. The Balaban J connectivity index is 0.00000544. The van der Waals surface area contributed by atoms with Gasteiger partial charge in [0.1, 0.15) is 11.4 Å². The van der Waals surface area contributed by atoms with E-state index in [-0.39, 0.29) is 24.0 Å². The summed E-state index contributed by atoms with van der Waals surface area (Å²) in [7, 11) is 2.08. The van der Waals surface area contributed by atoms with Crippen molar-refractivity contribution in [2.24, 2.45) is 4.99 Å². The van der Waals surface area contributed by atoms with Crippen molar-refractivity contribution in [3.63, 3.8) is 0 Å². The Morgan fingerprint density at radius 2 is 1.73 bits per heavy atom. The highest BCUT2D eigenvalue weighted by Gasteiger charge is 2.15. The molecular weight excluding hydrogens is 533 g/mol. The lowest BCUT2D eigenvalue weighted by Crippen LogP contribution is -2.42. The van der Waals surface area contributed by atoms with Crippen LogP contribution in [0.25, 0.3) is 0 Å². The summed E-state index contributed by atoms with van der Waals surface area (Å²) in [4.78, 5) is 18.7. The van der Waals surface area contributed by atoms with Gasteiger partial charge in [-0.25, -0.2) is 9.79 Å². The summed E-state index contributed by atoms with van der Waals surface area (Å²) in [6, 6.07) is 12.2. The van der Waals surface area contributed by atoms with Crippen molar-refractivity contribution < 1.29 is 13.9 Å². The van der Waals surface area contributed by atoms with Crippen LogP contribution in [0, 0.1) is 0 Å². The van der Waals surface area contributed by atoms with Crippen LogP contribution >= 0.6 is 24.0 Å². The average Bonchev–Trinajstić information content (AvgIpc) is 3.21. The van der Waals surface area contributed by atoms with Gasteiger partial charge in [-0.1, -0.05) is 24.3 Å². The molecule has 2 rings (SSSR count). The van der Waals surface area contributed by atoms with Gasteiger partial charge < -0.3 is 25.1 Å². The number of nitrogens with zero attached hydrogens (tertiary/aromatic N) is 2. The van der Waals surface area contributed by atoms with Crippen LogP contribution in [0.1, 0.15) is 44.6 Å². The monoisotopic (exact) mass is 571 g/mol. The molecule has 0 saturated carbocycles. The van der Waals surface area contributed by atoms with Crippen molar-refractivity contribution in [1.82, 2.24) is 20.9 Å². The summed E-state index contributed by atoms with van der Waals surface area (Å²) in [5, 5.41) is 9.23. The molecule has 1 amide bonds. The molecule has 0 aliphatic heterocycles. The molecular formula is C24H38IN5O3. The summed E-state index contributed by atoms with van der Waals surface area (Å²) in [6.07, 6.45) is 1.28. The normalized spacial score (nSPS) is 11.6. The predicted molar refractivity (Wildman–Crippen MR) is 143 cm³/mol. The summed E-state index contributed by atoms with van der Waals surface area (Å²) < 4.78 is 10.7. The van der Waals surface area contributed by atoms with E-state index in [9.17, 15) is 4.79 Å². The fraction of sp³-hybridized carbons (Fsp3) is 0.500. The first-order chi connectivity index (χ1) is 15.3. The Kier molecular flexibility index (Phi) is 12.9. The van der Waals surface area contributed by atoms with E-state index in [0.29, 0.717) is 25.6 Å². The lowest BCUT2D eigenvalue weighted by atomic mass is 10.1. The number of benzene rings is 1. The number of halogens is 1. The van der Waals surface area contributed by atoms with Crippen LogP contribution in [0.3, 0.4) is 0 Å². The SMILES string of the molecule is CCNC(=NCc1ccccc1CN(C)Cc1ccco1)NCCNC(=O)OC(C)(C)C.I. The minimum absolute atomic E-state index is 0. The Morgan fingerprint density at radius 3 is 2.36 bits per heavy atom. The zero-order chi connectivity index (χ0) is 23.4. The van der Waals surface area contributed by atoms with E-state index in [0.717, 1.165) is 25.4 Å². The third-order valence-corrected chi connectivity index (χ3v) is 4.40. The van der Waals surface area contributed by atoms with Crippen LogP contribution in [0.4, 0.5) is 4.79 Å². The maximum Gasteiger partial charge on any atom is 0.407 e. The smallest absolute Gasteiger partial charge is 0.407 e. The molecule has 184 valence electrons. The first-order valence-corrected chi connectivity index (χ1v) is 11.0. The van der Waals surface area contributed by atoms with Crippen LogP contribution in [-0.4, -0.2) is 49.2 Å². The van der Waals surface area contributed by atoms with E-state index in [1.165, 1.54) is 11.1 Å². The van der Waals surface area contributed by atoms with Gasteiger partial charge in [0.2, 0.25) is 0 Å². The largest absolute Gasteiger partial charge is 0.468 e. The second-order valence-corrected chi connectivity index (χ2v) is 8.57. The fourth-order valence-corrected chi connectivity index (χ4v) is 3.05. The molecule has 0 bridgehead atoms. The van der Waals surface area contributed by atoms with E-state index < -0.39 is 11.7 Å². The Morgan fingerprint density at radius 1 is 1.03 bits per heavy atom. The fourth-order valence-electron chi connectivity index (χ4n) is 3.05. The maximum absolute atomic E-state index is 11.7. The summed E-state index contributed by atoms with van der Waals surface area (Å²) in [5.74, 6) is 1.65. The topological polar surface area (TPSA) is 91.1 Å². The molecule has 3 N–H and O–H groups in total. The second kappa shape index (κ2) is 14.8. The standard InChI is InChI=1S/C24H37N5O3.HI/c1-6-25-22(26-13-14-27-23(30)32-24(2,3)4)28-16-19-10-7-8-11-20(19)17-29(5)18-21-12-9-15-31-21;/h7-12,15H,6,13-14,16-18H2,1-5H3,(H,27,30)(H2,25,26,28);1H. The van der Waals surface area contributed by atoms with E-state index in [1.807, 2.05) is 45.9 Å². The molecule has 2 aromatic rings. The number of nitrogens with one attached hydrogen (secondary N) is 3. The predicted octanol–water partition coefficient (Wildman–Crippen LogP) is 4.11. The van der Waals surface area contributed by atoms with E-state index in [2.05, 4.69) is 46.1 Å². The van der Waals surface area contributed by atoms with Gasteiger partial charge >= 0.3 is 6.09 Å². The number of guanidine groups is 1. The molecule has 8 nitrogen and oxygen atoms in total. The van der Waals surface area contributed by atoms with Gasteiger partial charge in [0.05, 0.1) is 19.4 Å². The van der Waals surface area contributed by atoms with Gasteiger partial charge in [-0.15, -0.1) is 24.0 Å². The quantitative estimate of drug-likeness (QED) is 0.172. The highest BCUT2D eigenvalue weighted by molar-refractivity contribution is 14.0. The van der Waals surface area contributed by atoms with Crippen LogP contribution < -0.4 is 16.0 Å². The molecule has 33 heavy (non-hydrogen) atoms. The zero-order valence-electron chi connectivity index (χ0n) is 20.3. The summed E-state index contributed by atoms with van der Waals surface area (Å²) in [6.45, 7) is 11.4. The van der Waals surface area contributed by atoms with Gasteiger partial charge in [0, 0.05) is 26.2 Å². The molecule has 1 aromatic carbocycles. The maximum atomic E-state index is 11.7. The Labute approximate surface area is 214 Å². The number of aliphatic imine (C=N–C) groups is 1. The lowest BCUT2D eigenvalue weighted by molar-refractivity contribution is 0.0529. The van der Waals surface area contributed by atoms with Crippen LogP contribution in [0.5, 0.6) is 0 Å². The molecule has 0 spiro atoms. The number of hydrogen-bond donors (Lipinski definition) is 3. The van der Waals surface area contributed by atoms with E-state index >= 15 is 0 Å². The first-order valence-electron chi connectivity index (χ1n) is 11.0. The third-order valence-electron chi connectivity index (χ3n) is 4.40. The van der Waals surface area contributed by atoms with Crippen molar-refractivity contribution in [1.29, 1.82) is 0 Å². The number of alkyl carbamates (subject to hydrolysis) is 1. The average molecular weight is 572 g/mol. The molecule has 0 saturated heterocycles. The van der Waals surface area contributed by atoms with Gasteiger partial charge in [-0.3, -0.25) is 4.90 Å². The van der Waals surface area contributed by atoms with Crippen molar-refractivity contribution >= 4 is 36.0 Å². The minimum Gasteiger partial charge on any atom is -0.468 e. The van der Waals surface area contributed by atoms with Crippen molar-refractivity contribution in [2.45, 2.75) is 52.9 Å². The Hall–Kier alpha value is -2.27. The molecule has 0 aliphatic carbocycles. The van der Waals surface area contributed by atoms with Gasteiger partial charge in [0.25, 0.3) is 0 Å².